The Balaban J connectivity index is 2.64. The molecule has 1 aliphatic rings. The number of sulfone groups is 1. The van der Waals surface area contributed by atoms with Crippen LogP contribution in [0.25, 0.3) is 6.08 Å². The van der Waals surface area contributed by atoms with Crippen LogP contribution in [-0.4, -0.2) is 27.2 Å². The third kappa shape index (κ3) is 1.44. The Morgan fingerprint density at radius 1 is 1.40 bits per heavy atom. The standard InChI is InChI=1S/C10H10O4S/c1-14-6-7-5-8-9(11)3-2-4-10(8)15(7,12)13/h2-5,11H,6H2,1H3. The van der Waals surface area contributed by atoms with Gasteiger partial charge in [0.1, 0.15) is 5.75 Å². The molecule has 1 aromatic rings. The van der Waals surface area contributed by atoms with Crippen molar-refractivity contribution >= 4 is 15.9 Å². The number of fused-ring (bicyclic) bond motifs is 1. The van der Waals surface area contributed by atoms with E-state index >= 15 is 0 Å². The largest absolute Gasteiger partial charge is 0.507 e. The third-order valence-corrected chi connectivity index (χ3v) is 4.13. The summed E-state index contributed by atoms with van der Waals surface area (Å²) in [7, 11) is -2.03. The molecule has 0 amide bonds. The van der Waals surface area contributed by atoms with Crippen molar-refractivity contribution in [2.24, 2.45) is 0 Å². The van der Waals surface area contributed by atoms with Gasteiger partial charge in [0.2, 0.25) is 9.84 Å². The molecule has 0 saturated heterocycles. The minimum atomic E-state index is -3.45. The van der Waals surface area contributed by atoms with Crippen LogP contribution in [0.3, 0.4) is 0 Å². The van der Waals surface area contributed by atoms with Crippen LogP contribution < -0.4 is 0 Å². The van der Waals surface area contributed by atoms with E-state index in [1.165, 1.54) is 31.4 Å². The second-order valence-electron chi connectivity index (χ2n) is 3.24. The number of hydrogen-bond donors (Lipinski definition) is 1. The Labute approximate surface area is 87.7 Å². The van der Waals surface area contributed by atoms with Crippen molar-refractivity contribution < 1.29 is 18.3 Å². The average Bonchev–Trinajstić information content (AvgIpc) is 2.43. The Bertz CT molecular complexity index is 528. The lowest BCUT2D eigenvalue weighted by molar-refractivity contribution is 0.231. The fourth-order valence-corrected chi connectivity index (χ4v) is 3.09. The van der Waals surface area contributed by atoms with Gasteiger partial charge in [-0.15, -0.1) is 0 Å². The van der Waals surface area contributed by atoms with Crippen LogP contribution in [0.2, 0.25) is 0 Å². The summed E-state index contributed by atoms with van der Waals surface area (Å²) in [5.74, 6) is -0.0258. The van der Waals surface area contributed by atoms with Crippen LogP contribution in [0.5, 0.6) is 5.75 Å². The van der Waals surface area contributed by atoms with Crippen LogP contribution in [0.4, 0.5) is 0 Å². The van der Waals surface area contributed by atoms with E-state index in [-0.39, 0.29) is 22.2 Å². The predicted octanol–water partition coefficient (Wildman–Crippen LogP) is 1.17. The summed E-state index contributed by atoms with van der Waals surface area (Å²) in [4.78, 5) is 0.330. The quantitative estimate of drug-likeness (QED) is 0.822. The maximum atomic E-state index is 11.9. The molecule has 0 bridgehead atoms. The molecule has 5 heteroatoms. The molecule has 0 radical (unpaired) electrons. The first-order valence-electron chi connectivity index (χ1n) is 4.34. The number of aromatic hydroxyl groups is 1. The Kier molecular flexibility index (Phi) is 2.28. The molecule has 1 aromatic carbocycles. The molecule has 4 nitrogen and oxygen atoms in total. The van der Waals surface area contributed by atoms with Crippen molar-refractivity contribution in [2.75, 3.05) is 13.7 Å². The highest BCUT2D eigenvalue weighted by Crippen LogP contribution is 2.37. The van der Waals surface area contributed by atoms with E-state index in [1.807, 2.05) is 0 Å². The summed E-state index contributed by atoms with van der Waals surface area (Å²) in [6, 6.07) is 4.44. The van der Waals surface area contributed by atoms with Gasteiger partial charge in [0.25, 0.3) is 0 Å². The van der Waals surface area contributed by atoms with Gasteiger partial charge in [-0.3, -0.25) is 0 Å². The van der Waals surface area contributed by atoms with Gasteiger partial charge in [0, 0.05) is 12.7 Å². The van der Waals surface area contributed by atoms with E-state index in [4.69, 9.17) is 4.74 Å². The van der Waals surface area contributed by atoms with E-state index in [1.54, 1.807) is 0 Å². The highest BCUT2D eigenvalue weighted by atomic mass is 32.2. The fraction of sp³-hybridized carbons (Fsp3) is 0.200. The van der Waals surface area contributed by atoms with Crippen LogP contribution in [-0.2, 0) is 14.6 Å². The van der Waals surface area contributed by atoms with Crippen molar-refractivity contribution in [1.82, 2.24) is 0 Å². The van der Waals surface area contributed by atoms with Crippen molar-refractivity contribution in [3.63, 3.8) is 0 Å². The zero-order valence-corrected chi connectivity index (χ0v) is 8.91. The zero-order chi connectivity index (χ0) is 11.1. The molecule has 1 aliphatic heterocycles. The summed E-state index contributed by atoms with van der Waals surface area (Å²) in [5, 5.41) is 9.50. The Morgan fingerprint density at radius 2 is 2.13 bits per heavy atom. The van der Waals surface area contributed by atoms with Crippen LogP contribution in [0.1, 0.15) is 5.56 Å². The minimum absolute atomic E-state index is 0.0243. The number of methoxy groups -OCH3 is 1. The van der Waals surface area contributed by atoms with E-state index in [9.17, 15) is 13.5 Å². The highest BCUT2D eigenvalue weighted by molar-refractivity contribution is 7.95. The third-order valence-electron chi connectivity index (χ3n) is 2.27. The molecule has 0 atom stereocenters. The Morgan fingerprint density at radius 3 is 2.73 bits per heavy atom. The Hall–Kier alpha value is -1.33. The van der Waals surface area contributed by atoms with Crippen LogP contribution in [0, 0.1) is 0 Å². The van der Waals surface area contributed by atoms with Gasteiger partial charge in [-0.2, -0.15) is 0 Å². The maximum absolute atomic E-state index is 11.9. The summed E-state index contributed by atoms with van der Waals surface area (Å²) >= 11 is 0. The second-order valence-corrected chi connectivity index (χ2v) is 5.21. The van der Waals surface area contributed by atoms with E-state index in [2.05, 4.69) is 0 Å². The van der Waals surface area contributed by atoms with Gasteiger partial charge in [-0.05, 0) is 18.2 Å². The molecular weight excluding hydrogens is 216 g/mol. The summed E-state index contributed by atoms with van der Waals surface area (Å²) in [5.41, 5.74) is 0.351. The molecule has 0 unspecified atom stereocenters. The fourth-order valence-electron chi connectivity index (χ4n) is 1.55. The first-order valence-corrected chi connectivity index (χ1v) is 5.82. The smallest absolute Gasteiger partial charge is 0.205 e. The lowest BCUT2D eigenvalue weighted by Gasteiger charge is -2.02. The molecule has 80 valence electrons. The molecule has 1 N–H and O–H groups in total. The van der Waals surface area contributed by atoms with Crippen molar-refractivity contribution in [1.29, 1.82) is 0 Å². The lowest BCUT2D eigenvalue weighted by Crippen LogP contribution is -2.05. The number of phenolic OH excluding ortho intramolecular Hbond substituents is 1. The highest BCUT2D eigenvalue weighted by Gasteiger charge is 2.30. The van der Waals surface area contributed by atoms with Gasteiger partial charge in [-0.25, -0.2) is 8.42 Å². The van der Waals surface area contributed by atoms with Gasteiger partial charge in [-0.1, -0.05) is 6.07 Å². The number of hydrogen-bond acceptors (Lipinski definition) is 4. The van der Waals surface area contributed by atoms with E-state index in [0.717, 1.165) is 0 Å². The summed E-state index contributed by atoms with van der Waals surface area (Å²) in [6.45, 7) is 0.0243. The molecule has 1 heterocycles. The molecular formula is C10H10O4S. The number of benzene rings is 1. The van der Waals surface area contributed by atoms with Crippen molar-refractivity contribution in [2.45, 2.75) is 4.90 Å². The summed E-state index contributed by atoms with van der Waals surface area (Å²) < 4.78 is 28.5. The van der Waals surface area contributed by atoms with Crippen molar-refractivity contribution in [3.05, 3.63) is 28.7 Å². The number of phenols is 1. The molecule has 2 rings (SSSR count). The van der Waals surface area contributed by atoms with Crippen molar-refractivity contribution in [3.8, 4) is 5.75 Å². The van der Waals surface area contributed by atoms with Crippen LogP contribution >= 0.6 is 0 Å². The first kappa shape index (κ1) is 10.2. The molecule has 0 aliphatic carbocycles. The molecule has 0 fully saturated rings. The lowest BCUT2D eigenvalue weighted by atomic mass is 10.2. The van der Waals surface area contributed by atoms with Gasteiger partial charge >= 0.3 is 0 Å². The zero-order valence-electron chi connectivity index (χ0n) is 8.10. The average molecular weight is 226 g/mol. The molecule has 0 spiro atoms. The van der Waals surface area contributed by atoms with Crippen LogP contribution in [0.15, 0.2) is 28.0 Å². The van der Waals surface area contributed by atoms with Gasteiger partial charge in [0.05, 0.1) is 16.4 Å². The topological polar surface area (TPSA) is 63.6 Å². The minimum Gasteiger partial charge on any atom is -0.507 e. The first-order chi connectivity index (χ1) is 7.07. The van der Waals surface area contributed by atoms with E-state index in [0.29, 0.717) is 5.56 Å². The summed E-state index contributed by atoms with van der Waals surface area (Å²) in [6.07, 6.45) is 1.45. The molecule has 15 heavy (non-hydrogen) atoms. The van der Waals surface area contributed by atoms with E-state index < -0.39 is 9.84 Å². The number of rotatable bonds is 2. The monoisotopic (exact) mass is 226 g/mol. The predicted molar refractivity (Wildman–Crippen MR) is 55.1 cm³/mol. The second kappa shape index (κ2) is 3.36. The normalized spacial score (nSPS) is 17.3. The number of ether oxygens (including phenoxy) is 1. The molecule has 0 aromatic heterocycles. The molecule has 0 saturated carbocycles. The maximum Gasteiger partial charge on any atom is 0.205 e. The SMILES string of the molecule is COCC1=Cc2c(O)cccc2S1(=O)=O. The van der Waals surface area contributed by atoms with Gasteiger partial charge in [0.15, 0.2) is 0 Å². The van der Waals surface area contributed by atoms with Gasteiger partial charge < -0.3 is 9.84 Å².